The van der Waals surface area contributed by atoms with Gasteiger partial charge in [0.15, 0.2) is 0 Å². The maximum atomic E-state index is 12.4. The topological polar surface area (TPSA) is 72.2 Å². The molecule has 0 aromatic heterocycles. The fraction of sp³-hybridized carbons (Fsp3) is 0.538. The highest BCUT2D eigenvalue weighted by Crippen LogP contribution is 2.34. The van der Waals surface area contributed by atoms with E-state index in [1.165, 1.54) is 12.1 Å². The number of thioether (sulfide) groups is 1. The lowest BCUT2D eigenvalue weighted by atomic mass is 10.0. The maximum absolute atomic E-state index is 12.4. The first-order valence-electron chi connectivity index (χ1n) is 6.51. The van der Waals surface area contributed by atoms with Crippen LogP contribution in [0, 0.1) is 0 Å². The van der Waals surface area contributed by atoms with Crippen LogP contribution in [0.15, 0.2) is 17.0 Å². The summed E-state index contributed by atoms with van der Waals surface area (Å²) in [6, 6.07) is 2.79. The fourth-order valence-electron chi connectivity index (χ4n) is 1.92. The molecule has 0 fully saturated rings. The van der Waals surface area contributed by atoms with Gasteiger partial charge in [-0.15, -0.1) is 0 Å². The third-order valence-corrected chi connectivity index (χ3v) is 7.57. The Hall–Kier alpha value is -0.140. The summed E-state index contributed by atoms with van der Waals surface area (Å²) in [4.78, 5) is -0.0479. The third kappa shape index (κ3) is 4.20. The number of benzene rings is 1. The van der Waals surface area contributed by atoms with Crippen LogP contribution >= 0.6 is 35.0 Å². The number of sulfonamides is 1. The molecule has 0 aliphatic carbocycles. The first-order valence-corrected chi connectivity index (χ1v) is 9.97. The summed E-state index contributed by atoms with van der Waals surface area (Å²) >= 11 is 13.5. The van der Waals surface area contributed by atoms with Crippen LogP contribution in [0.4, 0.5) is 5.69 Å². The Kier molecular flexibility index (Phi) is 6.68. The second-order valence-corrected chi connectivity index (χ2v) is 8.49. The zero-order valence-electron chi connectivity index (χ0n) is 12.2. The summed E-state index contributed by atoms with van der Waals surface area (Å²) in [7, 11) is -3.73. The number of anilines is 1. The van der Waals surface area contributed by atoms with Gasteiger partial charge in [-0.05, 0) is 31.2 Å². The van der Waals surface area contributed by atoms with E-state index in [0.29, 0.717) is 6.54 Å². The lowest BCUT2D eigenvalue weighted by Gasteiger charge is -2.29. The SMILES string of the molecule is CCC(CC)(CNS(=O)(=O)c1ccc(Cl)c(N)c1Cl)SC. The van der Waals surface area contributed by atoms with Crippen LogP contribution in [0.25, 0.3) is 0 Å². The third-order valence-electron chi connectivity index (χ3n) is 3.69. The largest absolute Gasteiger partial charge is 0.396 e. The predicted octanol–water partition coefficient (Wildman–Crippen LogP) is 3.78. The Balaban J connectivity index is 3.06. The average molecular weight is 371 g/mol. The van der Waals surface area contributed by atoms with Crippen LogP contribution in [0.5, 0.6) is 0 Å². The molecular formula is C13H20Cl2N2O2S2. The molecule has 0 atom stereocenters. The van der Waals surface area contributed by atoms with Crippen molar-refractivity contribution in [3.05, 3.63) is 22.2 Å². The van der Waals surface area contributed by atoms with Crippen LogP contribution in [-0.4, -0.2) is 26.0 Å². The van der Waals surface area contributed by atoms with E-state index in [0.717, 1.165) is 12.8 Å². The van der Waals surface area contributed by atoms with Crippen molar-refractivity contribution >= 4 is 50.7 Å². The molecule has 0 bridgehead atoms. The van der Waals surface area contributed by atoms with Gasteiger partial charge >= 0.3 is 0 Å². The number of nitrogens with two attached hydrogens (primary N) is 1. The lowest BCUT2D eigenvalue weighted by Crippen LogP contribution is -2.39. The summed E-state index contributed by atoms with van der Waals surface area (Å²) in [5.41, 5.74) is 5.75. The van der Waals surface area contributed by atoms with Crippen molar-refractivity contribution in [1.82, 2.24) is 4.72 Å². The molecule has 0 heterocycles. The minimum atomic E-state index is -3.73. The van der Waals surface area contributed by atoms with E-state index in [-0.39, 0.29) is 25.4 Å². The summed E-state index contributed by atoms with van der Waals surface area (Å²) in [5.74, 6) is 0. The molecule has 0 saturated carbocycles. The monoisotopic (exact) mass is 370 g/mol. The van der Waals surface area contributed by atoms with Crippen molar-refractivity contribution in [1.29, 1.82) is 0 Å². The van der Waals surface area contributed by atoms with Crippen molar-refractivity contribution in [2.24, 2.45) is 0 Å². The number of hydrogen-bond acceptors (Lipinski definition) is 4. The van der Waals surface area contributed by atoms with Crippen LogP contribution in [0.1, 0.15) is 26.7 Å². The fourth-order valence-corrected chi connectivity index (χ4v) is 4.70. The molecule has 1 rings (SSSR count). The Morgan fingerprint density at radius 2 is 1.86 bits per heavy atom. The van der Waals surface area contributed by atoms with Gasteiger partial charge in [-0.3, -0.25) is 0 Å². The Bertz CT molecular complexity index is 594. The van der Waals surface area contributed by atoms with Crippen LogP contribution < -0.4 is 10.5 Å². The van der Waals surface area contributed by atoms with Crippen LogP contribution in [0.3, 0.4) is 0 Å². The van der Waals surface area contributed by atoms with Crippen molar-refractivity contribution in [3.8, 4) is 0 Å². The van der Waals surface area contributed by atoms with Crippen molar-refractivity contribution < 1.29 is 8.42 Å². The number of nitrogen functional groups attached to an aromatic ring is 1. The molecule has 0 spiro atoms. The molecule has 8 heteroatoms. The van der Waals surface area contributed by atoms with E-state index >= 15 is 0 Å². The molecule has 0 aliphatic heterocycles. The van der Waals surface area contributed by atoms with E-state index in [2.05, 4.69) is 4.72 Å². The van der Waals surface area contributed by atoms with Gasteiger partial charge in [-0.1, -0.05) is 37.0 Å². The van der Waals surface area contributed by atoms with E-state index in [1.54, 1.807) is 11.8 Å². The molecule has 0 unspecified atom stereocenters. The van der Waals surface area contributed by atoms with Gasteiger partial charge in [0, 0.05) is 11.3 Å². The molecule has 0 radical (unpaired) electrons. The minimum absolute atomic E-state index is 0.0438. The van der Waals surface area contributed by atoms with E-state index in [1.807, 2.05) is 20.1 Å². The van der Waals surface area contributed by atoms with Gasteiger partial charge in [0.25, 0.3) is 0 Å². The van der Waals surface area contributed by atoms with Gasteiger partial charge in [-0.25, -0.2) is 13.1 Å². The summed E-state index contributed by atoms with van der Waals surface area (Å²) in [6.45, 7) is 4.42. The first kappa shape index (κ1) is 18.9. The minimum Gasteiger partial charge on any atom is -0.396 e. The molecule has 0 saturated heterocycles. The molecular weight excluding hydrogens is 351 g/mol. The van der Waals surface area contributed by atoms with Gasteiger partial charge in [0.05, 0.1) is 15.7 Å². The van der Waals surface area contributed by atoms with Gasteiger partial charge < -0.3 is 5.73 Å². The number of nitrogens with one attached hydrogen (secondary N) is 1. The molecule has 3 N–H and O–H groups in total. The van der Waals surface area contributed by atoms with E-state index < -0.39 is 10.0 Å². The Morgan fingerprint density at radius 1 is 1.29 bits per heavy atom. The van der Waals surface area contributed by atoms with Crippen LogP contribution in [0.2, 0.25) is 10.0 Å². The quantitative estimate of drug-likeness (QED) is 0.716. The molecule has 4 nitrogen and oxygen atoms in total. The molecule has 1 aromatic carbocycles. The smallest absolute Gasteiger partial charge is 0.242 e. The van der Waals surface area contributed by atoms with Gasteiger partial charge in [-0.2, -0.15) is 11.8 Å². The summed E-state index contributed by atoms with van der Waals surface area (Å²) in [5, 5.41) is 0.192. The zero-order chi connectivity index (χ0) is 16.3. The van der Waals surface area contributed by atoms with Crippen molar-refractivity contribution in [2.75, 3.05) is 18.5 Å². The molecule has 21 heavy (non-hydrogen) atoms. The molecule has 0 amide bonds. The molecule has 1 aromatic rings. The highest BCUT2D eigenvalue weighted by Gasteiger charge is 2.28. The second kappa shape index (κ2) is 7.42. The van der Waals surface area contributed by atoms with Crippen LogP contribution in [-0.2, 0) is 10.0 Å². The van der Waals surface area contributed by atoms with Crippen molar-refractivity contribution in [3.63, 3.8) is 0 Å². The van der Waals surface area contributed by atoms with E-state index in [4.69, 9.17) is 28.9 Å². The molecule has 120 valence electrons. The standard InChI is InChI=1S/C13H20Cl2N2O2S2/c1-4-13(5-2,20-3)8-17-21(18,19)10-7-6-9(14)12(16)11(10)15/h6-7,17H,4-5,8,16H2,1-3H3. The highest BCUT2D eigenvalue weighted by molar-refractivity contribution is 8.00. The summed E-state index contributed by atoms with van der Waals surface area (Å²) in [6.07, 6.45) is 3.71. The van der Waals surface area contributed by atoms with Crippen molar-refractivity contribution in [2.45, 2.75) is 36.3 Å². The lowest BCUT2D eigenvalue weighted by molar-refractivity contribution is 0.522. The highest BCUT2D eigenvalue weighted by atomic mass is 35.5. The van der Waals surface area contributed by atoms with E-state index in [9.17, 15) is 8.42 Å². The average Bonchev–Trinajstić information content (AvgIpc) is 2.46. The zero-order valence-corrected chi connectivity index (χ0v) is 15.4. The summed E-state index contributed by atoms with van der Waals surface area (Å²) < 4.78 is 27.3. The second-order valence-electron chi connectivity index (χ2n) is 4.69. The van der Waals surface area contributed by atoms with Gasteiger partial charge in [0.1, 0.15) is 4.90 Å². The number of hydrogen-bond donors (Lipinski definition) is 2. The normalized spacial score (nSPS) is 12.6. The maximum Gasteiger partial charge on any atom is 0.242 e. The molecule has 0 aliphatic rings. The number of halogens is 2. The Labute approximate surface area is 140 Å². The first-order chi connectivity index (χ1) is 9.73. The van der Waals surface area contributed by atoms with Gasteiger partial charge in [0.2, 0.25) is 10.0 Å². The Morgan fingerprint density at radius 3 is 2.33 bits per heavy atom. The number of rotatable bonds is 7. The predicted molar refractivity (Wildman–Crippen MR) is 92.9 cm³/mol.